The minimum atomic E-state index is -1.21. The van der Waals surface area contributed by atoms with Crippen LogP contribution in [0.2, 0.25) is 0 Å². The van der Waals surface area contributed by atoms with E-state index in [9.17, 15) is 14.7 Å². The van der Waals surface area contributed by atoms with Gasteiger partial charge in [0.05, 0.1) is 5.69 Å². The van der Waals surface area contributed by atoms with E-state index in [0.717, 1.165) is 25.7 Å². The average Bonchev–Trinajstić information content (AvgIpc) is 2.73. The lowest BCUT2D eigenvalue weighted by molar-refractivity contribution is -0.123. The number of Topliss-reactive ketones (excluding diaryl/α,β-unsaturated/α-hetero) is 1. The summed E-state index contributed by atoms with van der Waals surface area (Å²) in [6.45, 7) is 12.4. The van der Waals surface area contributed by atoms with E-state index in [1.807, 2.05) is 12.2 Å². The Morgan fingerprint density at radius 2 is 1.36 bits per heavy atom. The molecule has 4 nitrogen and oxygen atoms in total. The van der Waals surface area contributed by atoms with Crippen molar-refractivity contribution in [2.45, 2.75) is 80.1 Å². The second-order valence-electron chi connectivity index (χ2n) is 9.74. The number of phenolic OH excluding ortho intramolecular Hbond substituents is 1. The molecule has 0 fully saturated rings. The first kappa shape index (κ1) is 26.4. The topological polar surface area (TPSA) is 66.4 Å². The quantitative estimate of drug-likeness (QED) is 0.219. The van der Waals surface area contributed by atoms with Gasteiger partial charge < -0.3 is 10.4 Å². The molecule has 33 heavy (non-hydrogen) atoms. The Hall–Kier alpha value is -2.88. The van der Waals surface area contributed by atoms with Crippen LogP contribution in [0.3, 0.4) is 0 Å². The Kier molecular flexibility index (Phi) is 9.45. The summed E-state index contributed by atoms with van der Waals surface area (Å²) in [7, 11) is 0. The number of phenols is 1. The molecule has 0 spiro atoms. The number of hydrogen-bond donors (Lipinski definition) is 2. The molecule has 1 aromatic carbocycles. The number of anilines is 1. The summed E-state index contributed by atoms with van der Waals surface area (Å²) in [6.07, 6.45) is 12.8. The number of hydrogen-bond acceptors (Lipinski definition) is 3. The first-order valence-electron chi connectivity index (χ1n) is 11.8. The van der Waals surface area contributed by atoms with Crippen molar-refractivity contribution < 1.29 is 14.7 Å². The average molecular weight is 450 g/mol. The van der Waals surface area contributed by atoms with Gasteiger partial charge in [-0.25, -0.2) is 0 Å². The highest BCUT2D eigenvalue weighted by molar-refractivity contribution is 6.24. The molecular formula is C29H39NO3. The van der Waals surface area contributed by atoms with Gasteiger partial charge in [0.1, 0.15) is 11.2 Å². The van der Waals surface area contributed by atoms with Crippen molar-refractivity contribution in [1.82, 2.24) is 0 Å². The minimum Gasteiger partial charge on any atom is -0.508 e. The van der Waals surface area contributed by atoms with Crippen molar-refractivity contribution in [3.63, 3.8) is 0 Å². The number of rotatable bonds is 10. The van der Waals surface area contributed by atoms with Crippen LogP contribution in [0.1, 0.15) is 90.4 Å². The molecule has 0 bridgehead atoms. The predicted octanol–water partition coefficient (Wildman–Crippen LogP) is 7.68. The van der Waals surface area contributed by atoms with Crippen molar-refractivity contribution in [2.24, 2.45) is 5.41 Å². The summed E-state index contributed by atoms with van der Waals surface area (Å²) in [5.74, 6) is -0.472. The third kappa shape index (κ3) is 7.31. The fraction of sp³-hybridized carbons (Fsp3) is 0.448. The second-order valence-corrected chi connectivity index (χ2v) is 9.74. The van der Waals surface area contributed by atoms with Crippen LogP contribution in [-0.4, -0.2) is 16.8 Å². The summed E-state index contributed by atoms with van der Waals surface area (Å²) in [5, 5.41) is 12.9. The molecule has 0 saturated heterocycles. The van der Waals surface area contributed by atoms with Crippen LogP contribution >= 0.6 is 0 Å². The Morgan fingerprint density at radius 3 is 1.85 bits per heavy atom. The fourth-order valence-corrected chi connectivity index (χ4v) is 3.96. The molecule has 2 rings (SSSR count). The Labute approximate surface area is 199 Å². The summed E-state index contributed by atoms with van der Waals surface area (Å²) < 4.78 is 0. The summed E-state index contributed by atoms with van der Waals surface area (Å²) in [5.41, 5.74) is 4.53. The molecule has 1 aliphatic rings. The number of allylic oxidation sites excluding steroid dienone is 8. The highest BCUT2D eigenvalue weighted by atomic mass is 16.3. The van der Waals surface area contributed by atoms with E-state index in [2.05, 4.69) is 59.0 Å². The van der Waals surface area contributed by atoms with Gasteiger partial charge in [0.2, 0.25) is 5.91 Å². The molecule has 2 N–H and O–H groups in total. The first-order chi connectivity index (χ1) is 15.5. The highest BCUT2D eigenvalue weighted by Gasteiger charge is 2.48. The molecule has 4 heteroatoms. The van der Waals surface area contributed by atoms with E-state index >= 15 is 0 Å². The van der Waals surface area contributed by atoms with Gasteiger partial charge in [0, 0.05) is 5.56 Å². The standard InChI is InChI=1S/C29H39NO3/c1-20(2)9-7-11-22(5)15-17-29(18-16-23(6)12-8-10-21(3)4)27(32)25-19-24(31)13-14-26(25)30-28(29)33/h9-10,13-16,19,31H,7-8,11-12,17-18H2,1-6H3,(H,30,33). The van der Waals surface area contributed by atoms with E-state index in [-0.39, 0.29) is 17.4 Å². The lowest BCUT2D eigenvalue weighted by atomic mass is 9.70. The normalized spacial score (nSPS) is 18.5. The number of nitrogens with one attached hydrogen (secondary N) is 1. The zero-order valence-electron chi connectivity index (χ0n) is 21.0. The van der Waals surface area contributed by atoms with Gasteiger partial charge in [-0.05, 0) is 98.3 Å². The molecule has 0 aliphatic carbocycles. The lowest BCUT2D eigenvalue weighted by Crippen LogP contribution is -2.46. The van der Waals surface area contributed by atoms with Gasteiger partial charge in [-0.15, -0.1) is 0 Å². The minimum absolute atomic E-state index is 0.0223. The molecule has 0 radical (unpaired) electrons. The molecule has 178 valence electrons. The Bertz CT molecular complexity index is 960. The van der Waals surface area contributed by atoms with E-state index < -0.39 is 5.41 Å². The van der Waals surface area contributed by atoms with E-state index in [0.29, 0.717) is 24.1 Å². The molecule has 1 amide bonds. The molecule has 0 saturated carbocycles. The SMILES string of the molecule is CC(C)=CCCC(C)=CCC1(CC=C(C)CCC=C(C)C)C(=O)Nc2ccc(O)cc2C1=O. The maximum absolute atomic E-state index is 13.7. The number of amides is 1. The van der Waals surface area contributed by atoms with Crippen molar-refractivity contribution in [1.29, 1.82) is 0 Å². The maximum Gasteiger partial charge on any atom is 0.239 e. The monoisotopic (exact) mass is 449 g/mol. The molecule has 1 aliphatic heterocycles. The van der Waals surface area contributed by atoms with Crippen LogP contribution in [0.4, 0.5) is 5.69 Å². The van der Waals surface area contributed by atoms with Crippen LogP contribution in [0, 0.1) is 5.41 Å². The number of benzene rings is 1. The van der Waals surface area contributed by atoms with Gasteiger partial charge in [-0.2, -0.15) is 0 Å². The smallest absolute Gasteiger partial charge is 0.239 e. The molecule has 0 atom stereocenters. The van der Waals surface area contributed by atoms with Gasteiger partial charge in [0.25, 0.3) is 0 Å². The molecule has 1 heterocycles. The van der Waals surface area contributed by atoms with Crippen molar-refractivity contribution in [3.05, 3.63) is 70.4 Å². The first-order valence-corrected chi connectivity index (χ1v) is 11.8. The number of aromatic hydroxyl groups is 1. The van der Waals surface area contributed by atoms with Gasteiger partial charge in [-0.3, -0.25) is 9.59 Å². The lowest BCUT2D eigenvalue weighted by Gasteiger charge is -2.34. The predicted molar refractivity (Wildman–Crippen MR) is 138 cm³/mol. The number of ketones is 1. The zero-order valence-corrected chi connectivity index (χ0v) is 21.0. The van der Waals surface area contributed by atoms with Crippen LogP contribution in [0.5, 0.6) is 5.75 Å². The number of carbonyl (C=O) groups excluding carboxylic acids is 2. The molecule has 0 unspecified atom stereocenters. The van der Waals surface area contributed by atoms with Crippen LogP contribution in [0.15, 0.2) is 64.8 Å². The highest BCUT2D eigenvalue weighted by Crippen LogP contribution is 2.41. The van der Waals surface area contributed by atoms with Crippen molar-refractivity contribution >= 4 is 17.4 Å². The largest absolute Gasteiger partial charge is 0.508 e. The van der Waals surface area contributed by atoms with Crippen molar-refractivity contribution in [3.8, 4) is 5.75 Å². The zero-order chi connectivity index (χ0) is 24.6. The summed E-state index contributed by atoms with van der Waals surface area (Å²) >= 11 is 0. The summed E-state index contributed by atoms with van der Waals surface area (Å²) in [6, 6.07) is 4.54. The van der Waals surface area contributed by atoms with Crippen LogP contribution in [0.25, 0.3) is 0 Å². The van der Waals surface area contributed by atoms with Gasteiger partial charge in [-0.1, -0.05) is 46.6 Å². The molecule has 0 aromatic heterocycles. The van der Waals surface area contributed by atoms with Crippen LogP contribution < -0.4 is 5.32 Å². The second kappa shape index (κ2) is 11.8. The van der Waals surface area contributed by atoms with Gasteiger partial charge >= 0.3 is 0 Å². The number of carbonyl (C=O) groups is 2. The maximum atomic E-state index is 13.7. The van der Waals surface area contributed by atoms with Crippen LogP contribution in [-0.2, 0) is 4.79 Å². The molecular weight excluding hydrogens is 410 g/mol. The Balaban J connectivity index is 2.35. The molecule has 1 aromatic rings. The summed E-state index contributed by atoms with van der Waals surface area (Å²) in [4.78, 5) is 27.0. The fourth-order valence-electron chi connectivity index (χ4n) is 3.96. The van der Waals surface area contributed by atoms with E-state index in [1.165, 1.54) is 34.4 Å². The third-order valence-electron chi connectivity index (χ3n) is 6.15. The van der Waals surface area contributed by atoms with E-state index in [4.69, 9.17) is 0 Å². The van der Waals surface area contributed by atoms with Crippen molar-refractivity contribution in [2.75, 3.05) is 5.32 Å². The van der Waals surface area contributed by atoms with Gasteiger partial charge in [0.15, 0.2) is 5.78 Å². The van der Waals surface area contributed by atoms with E-state index in [1.54, 1.807) is 6.07 Å². The third-order valence-corrected chi connectivity index (χ3v) is 6.15. The number of fused-ring (bicyclic) bond motifs is 1. The Morgan fingerprint density at radius 1 is 0.848 bits per heavy atom.